The van der Waals surface area contributed by atoms with Crippen LogP contribution in [0.3, 0.4) is 0 Å². The van der Waals surface area contributed by atoms with Crippen LogP contribution >= 0.6 is 27.5 Å². The number of nitrogens with one attached hydrogen (secondary N) is 1. The summed E-state index contributed by atoms with van der Waals surface area (Å²) in [4.78, 5) is 38.6. The molecule has 3 N–H and O–H groups in total. The number of rotatable bonds is 6. The van der Waals surface area contributed by atoms with Crippen molar-refractivity contribution in [2.75, 3.05) is 6.54 Å². The van der Waals surface area contributed by atoms with Gasteiger partial charge in [-0.25, -0.2) is 4.98 Å². The molecule has 0 amide bonds. The highest BCUT2D eigenvalue weighted by Gasteiger charge is 2.25. The molecule has 10 heteroatoms. The number of aliphatic hydroxyl groups is 1. The fourth-order valence-electron chi connectivity index (χ4n) is 3.12. The Morgan fingerprint density at radius 1 is 1.40 bits per heavy atom. The summed E-state index contributed by atoms with van der Waals surface area (Å²) in [6, 6.07) is 2.97. The molecule has 0 unspecified atom stereocenters. The van der Waals surface area contributed by atoms with Crippen LogP contribution in [0.5, 0.6) is 0 Å². The van der Waals surface area contributed by atoms with Crippen molar-refractivity contribution in [3.8, 4) is 0 Å². The molecule has 1 aromatic heterocycles. The molecule has 1 fully saturated rings. The number of aliphatic hydroxyl groups excluding tert-OH is 1. The van der Waals surface area contributed by atoms with Crippen molar-refractivity contribution in [2.45, 2.75) is 57.7 Å². The maximum atomic E-state index is 12.5. The summed E-state index contributed by atoms with van der Waals surface area (Å²) in [6.07, 6.45) is 3.65. The quantitative estimate of drug-likeness (QED) is 0.555. The number of nitrogens with zero attached hydrogens (tertiary/aromatic N) is 2. The van der Waals surface area contributed by atoms with E-state index >= 15 is 0 Å². The molecule has 1 aromatic carbocycles. The molecule has 3 rings (SSSR count). The van der Waals surface area contributed by atoms with Gasteiger partial charge in [0.2, 0.25) is 0 Å². The molecule has 2 heterocycles. The number of fused-ring (bicyclic) bond motifs is 1. The van der Waals surface area contributed by atoms with Crippen LogP contribution in [0.1, 0.15) is 39.0 Å². The van der Waals surface area contributed by atoms with Gasteiger partial charge >= 0.3 is 5.97 Å². The van der Waals surface area contributed by atoms with Crippen LogP contribution in [-0.2, 0) is 16.1 Å². The van der Waals surface area contributed by atoms with Crippen LogP contribution in [-0.4, -0.2) is 50.2 Å². The van der Waals surface area contributed by atoms with Crippen molar-refractivity contribution >= 4 is 50.2 Å². The van der Waals surface area contributed by atoms with Gasteiger partial charge in [-0.3, -0.25) is 19.0 Å². The van der Waals surface area contributed by atoms with Crippen LogP contribution in [0.25, 0.3) is 10.9 Å². The summed E-state index contributed by atoms with van der Waals surface area (Å²) >= 11 is 9.33. The Balaban J connectivity index is 0.000000469. The first-order chi connectivity index (χ1) is 14.2. The average molecular weight is 503 g/mol. The minimum atomic E-state index is -0.711. The minimum absolute atomic E-state index is 0.0691. The number of hydrogen-bond acceptors (Lipinski definition) is 6. The van der Waals surface area contributed by atoms with E-state index in [9.17, 15) is 19.5 Å². The number of ketones is 1. The van der Waals surface area contributed by atoms with Gasteiger partial charge in [0, 0.05) is 23.4 Å². The first-order valence-corrected chi connectivity index (χ1v) is 10.9. The molecular weight excluding hydrogens is 478 g/mol. The van der Waals surface area contributed by atoms with E-state index in [4.69, 9.17) is 16.7 Å². The molecule has 2 atom stereocenters. The summed E-state index contributed by atoms with van der Waals surface area (Å²) in [7, 11) is 0. The van der Waals surface area contributed by atoms with Gasteiger partial charge in [-0.1, -0.05) is 18.5 Å². The molecule has 164 valence electrons. The lowest BCUT2D eigenvalue weighted by molar-refractivity contribution is -0.137. The summed E-state index contributed by atoms with van der Waals surface area (Å²) in [6.45, 7) is 2.56. The topological polar surface area (TPSA) is 122 Å². The monoisotopic (exact) mass is 501 g/mol. The van der Waals surface area contributed by atoms with Crippen molar-refractivity contribution in [1.82, 2.24) is 14.9 Å². The molecule has 30 heavy (non-hydrogen) atoms. The average Bonchev–Trinajstić information content (AvgIpc) is 2.68. The van der Waals surface area contributed by atoms with E-state index in [0.29, 0.717) is 33.2 Å². The summed E-state index contributed by atoms with van der Waals surface area (Å²) in [5, 5.41) is 21.8. The molecule has 1 aliphatic rings. The number of aliphatic carboxylic acids is 1. The largest absolute Gasteiger partial charge is 0.481 e. The zero-order chi connectivity index (χ0) is 22.3. The first-order valence-electron chi connectivity index (χ1n) is 9.72. The number of halogens is 2. The lowest BCUT2D eigenvalue weighted by Gasteiger charge is -2.28. The Morgan fingerprint density at radius 3 is 2.73 bits per heavy atom. The second-order valence-corrected chi connectivity index (χ2v) is 8.38. The molecular formula is C20H25BrClN3O5. The highest BCUT2D eigenvalue weighted by Crippen LogP contribution is 2.25. The van der Waals surface area contributed by atoms with E-state index in [0.717, 1.165) is 19.4 Å². The number of Topliss-reactive ketones (excluding diaryl/α,β-unsaturated/α-hetero) is 1. The van der Waals surface area contributed by atoms with Gasteiger partial charge in [-0.05, 0) is 53.9 Å². The number of benzene rings is 1. The van der Waals surface area contributed by atoms with E-state index in [2.05, 4.69) is 26.2 Å². The van der Waals surface area contributed by atoms with Crippen molar-refractivity contribution in [2.24, 2.45) is 0 Å². The zero-order valence-electron chi connectivity index (χ0n) is 16.6. The fraction of sp³-hybridized carbons (Fsp3) is 0.500. The fourth-order valence-corrected chi connectivity index (χ4v) is 3.62. The predicted molar refractivity (Wildman–Crippen MR) is 118 cm³/mol. The van der Waals surface area contributed by atoms with Crippen LogP contribution < -0.4 is 10.9 Å². The van der Waals surface area contributed by atoms with Crippen molar-refractivity contribution in [3.63, 3.8) is 0 Å². The number of aromatic nitrogens is 2. The summed E-state index contributed by atoms with van der Waals surface area (Å²) in [5.74, 6) is -0.836. The van der Waals surface area contributed by atoms with E-state index in [1.807, 2.05) is 6.92 Å². The van der Waals surface area contributed by atoms with E-state index in [1.165, 1.54) is 10.9 Å². The van der Waals surface area contributed by atoms with Gasteiger partial charge in [-0.15, -0.1) is 0 Å². The second kappa shape index (κ2) is 11.5. The summed E-state index contributed by atoms with van der Waals surface area (Å²) in [5.41, 5.74) is 0.212. The Morgan fingerprint density at radius 2 is 2.13 bits per heavy atom. The molecule has 0 aliphatic carbocycles. The van der Waals surface area contributed by atoms with Gasteiger partial charge in [0.05, 0.1) is 34.9 Å². The third-order valence-electron chi connectivity index (χ3n) is 4.67. The SMILES string of the molecule is CCCC(=O)O.O=C(C[C@H]1NCCC[C@@H]1O)Cn1cnc2cc(Br)c(Cl)cc2c1=O. The smallest absolute Gasteiger partial charge is 0.303 e. The maximum Gasteiger partial charge on any atom is 0.303 e. The molecule has 1 saturated heterocycles. The lowest BCUT2D eigenvalue weighted by Crippen LogP contribution is -2.46. The maximum absolute atomic E-state index is 12.5. The highest BCUT2D eigenvalue weighted by molar-refractivity contribution is 9.10. The minimum Gasteiger partial charge on any atom is -0.481 e. The molecule has 0 radical (unpaired) electrons. The Bertz CT molecular complexity index is 965. The molecule has 2 aromatic rings. The van der Waals surface area contributed by atoms with Gasteiger partial charge in [0.25, 0.3) is 5.56 Å². The third kappa shape index (κ3) is 6.87. The van der Waals surface area contributed by atoms with E-state index < -0.39 is 12.1 Å². The summed E-state index contributed by atoms with van der Waals surface area (Å²) < 4.78 is 1.94. The van der Waals surface area contributed by atoms with E-state index in [1.54, 1.807) is 12.1 Å². The van der Waals surface area contributed by atoms with Crippen molar-refractivity contribution in [1.29, 1.82) is 0 Å². The number of piperidine rings is 1. The Labute approximate surface area is 187 Å². The molecule has 0 spiro atoms. The Kier molecular flexibility index (Phi) is 9.41. The number of carbonyl (C=O) groups is 2. The lowest BCUT2D eigenvalue weighted by atomic mass is 9.97. The third-order valence-corrected chi connectivity index (χ3v) is 5.87. The predicted octanol–water partition coefficient (Wildman–Crippen LogP) is 2.76. The van der Waals surface area contributed by atoms with Gasteiger partial charge in [0.15, 0.2) is 5.78 Å². The van der Waals surface area contributed by atoms with Crippen LogP contribution in [0, 0.1) is 0 Å². The standard InChI is InChI=1S/C16H17BrClN3O3.C4H8O2/c17-11-6-13-10(5-12(11)18)16(24)21(8-20-13)7-9(22)4-14-15(23)2-1-3-19-14;1-2-3-4(5)6/h5-6,8,14-15,19,23H,1-4,7H2;2-3H2,1H3,(H,5,6)/t14-,15+;/m1./s1. The normalized spacial score (nSPS) is 18.5. The first kappa shape index (κ1) is 24.5. The van der Waals surface area contributed by atoms with Gasteiger partial charge in [-0.2, -0.15) is 0 Å². The van der Waals surface area contributed by atoms with Crippen LogP contribution in [0.15, 0.2) is 27.7 Å². The van der Waals surface area contributed by atoms with Crippen LogP contribution in [0.4, 0.5) is 0 Å². The van der Waals surface area contributed by atoms with Crippen molar-refractivity contribution < 1.29 is 19.8 Å². The highest BCUT2D eigenvalue weighted by atomic mass is 79.9. The molecule has 0 bridgehead atoms. The zero-order valence-corrected chi connectivity index (χ0v) is 18.9. The number of carbonyl (C=O) groups excluding carboxylic acids is 1. The van der Waals surface area contributed by atoms with Crippen molar-refractivity contribution in [3.05, 3.63) is 38.3 Å². The van der Waals surface area contributed by atoms with Gasteiger partial charge < -0.3 is 15.5 Å². The molecule has 0 saturated carbocycles. The van der Waals surface area contributed by atoms with Crippen LogP contribution in [0.2, 0.25) is 5.02 Å². The number of carboxylic acids is 1. The molecule has 1 aliphatic heterocycles. The van der Waals surface area contributed by atoms with E-state index in [-0.39, 0.29) is 30.3 Å². The second-order valence-electron chi connectivity index (χ2n) is 7.12. The Hall–Kier alpha value is -1.81. The number of carboxylic acid groups (broad SMARTS) is 1. The molecule has 8 nitrogen and oxygen atoms in total. The number of hydrogen-bond donors (Lipinski definition) is 3. The van der Waals surface area contributed by atoms with Gasteiger partial charge in [0.1, 0.15) is 0 Å².